The summed E-state index contributed by atoms with van der Waals surface area (Å²) in [7, 11) is 0. The maximum absolute atomic E-state index is 11.2. The van der Waals surface area contributed by atoms with Gasteiger partial charge in [-0.1, -0.05) is 6.92 Å². The number of esters is 1. The first-order valence-corrected chi connectivity index (χ1v) is 5.75. The molecular formula is C11H22N2O3. The summed E-state index contributed by atoms with van der Waals surface area (Å²) in [6, 6.07) is -0.0496. The van der Waals surface area contributed by atoms with E-state index in [0.717, 1.165) is 6.42 Å². The molecule has 1 atom stereocenters. The molecule has 0 fully saturated rings. The van der Waals surface area contributed by atoms with Gasteiger partial charge in [0.1, 0.15) is 0 Å². The Morgan fingerprint density at radius 3 is 2.56 bits per heavy atom. The summed E-state index contributed by atoms with van der Waals surface area (Å²) in [5.41, 5.74) is 0. The average molecular weight is 230 g/mol. The predicted octanol–water partition coefficient (Wildman–Crippen LogP) is 0.444. The van der Waals surface area contributed by atoms with Crippen LogP contribution in [0.25, 0.3) is 0 Å². The van der Waals surface area contributed by atoms with Gasteiger partial charge in [-0.3, -0.25) is 9.59 Å². The Morgan fingerprint density at radius 2 is 2.00 bits per heavy atom. The molecule has 0 aromatic heterocycles. The summed E-state index contributed by atoms with van der Waals surface area (Å²) in [6.45, 7) is 6.94. The molecular weight excluding hydrogens is 208 g/mol. The van der Waals surface area contributed by atoms with Crippen LogP contribution in [0.5, 0.6) is 0 Å². The Bertz CT molecular complexity index is 219. The fourth-order valence-corrected chi connectivity index (χ4v) is 1.14. The van der Waals surface area contributed by atoms with Crippen molar-refractivity contribution in [3.05, 3.63) is 0 Å². The summed E-state index contributed by atoms with van der Waals surface area (Å²) in [4.78, 5) is 22.3. The van der Waals surface area contributed by atoms with Crippen LogP contribution < -0.4 is 10.6 Å². The molecule has 0 aliphatic rings. The summed E-state index contributed by atoms with van der Waals surface area (Å²) in [6.07, 6.45) is 1.21. The van der Waals surface area contributed by atoms with Gasteiger partial charge in [0.05, 0.1) is 19.6 Å². The van der Waals surface area contributed by atoms with E-state index in [1.54, 1.807) is 6.92 Å². The molecule has 0 aromatic rings. The Morgan fingerprint density at radius 1 is 1.31 bits per heavy atom. The fourth-order valence-electron chi connectivity index (χ4n) is 1.14. The maximum atomic E-state index is 11.2. The monoisotopic (exact) mass is 230 g/mol. The molecule has 16 heavy (non-hydrogen) atoms. The number of nitrogens with one attached hydrogen (secondary N) is 2. The lowest BCUT2D eigenvalue weighted by Gasteiger charge is -2.12. The third-order valence-corrected chi connectivity index (χ3v) is 1.96. The van der Waals surface area contributed by atoms with Gasteiger partial charge in [-0.2, -0.15) is 0 Å². The molecule has 0 bridgehead atoms. The highest BCUT2D eigenvalue weighted by Crippen LogP contribution is 1.93. The number of ether oxygens (including phenoxy) is 1. The molecule has 0 aliphatic heterocycles. The molecule has 0 radical (unpaired) electrons. The molecule has 0 aromatic carbocycles. The highest BCUT2D eigenvalue weighted by Gasteiger charge is 2.10. The van der Waals surface area contributed by atoms with E-state index in [-0.39, 0.29) is 30.9 Å². The van der Waals surface area contributed by atoms with Gasteiger partial charge in [-0.15, -0.1) is 0 Å². The zero-order chi connectivity index (χ0) is 12.4. The van der Waals surface area contributed by atoms with Gasteiger partial charge in [-0.25, -0.2) is 0 Å². The number of amides is 1. The maximum Gasteiger partial charge on any atom is 0.307 e. The number of carbonyl (C=O) groups is 2. The van der Waals surface area contributed by atoms with Crippen molar-refractivity contribution in [3.63, 3.8) is 0 Å². The first-order chi connectivity index (χ1) is 7.60. The van der Waals surface area contributed by atoms with Gasteiger partial charge in [0.2, 0.25) is 5.91 Å². The largest absolute Gasteiger partial charge is 0.466 e. The molecule has 0 spiro atoms. The molecule has 94 valence electrons. The van der Waals surface area contributed by atoms with E-state index in [1.807, 2.05) is 13.8 Å². The van der Waals surface area contributed by atoms with Crippen LogP contribution in [0.15, 0.2) is 0 Å². The van der Waals surface area contributed by atoms with E-state index >= 15 is 0 Å². The average Bonchev–Trinajstić information content (AvgIpc) is 2.23. The molecule has 0 aliphatic carbocycles. The minimum absolute atomic E-state index is 0.0439. The number of rotatable bonds is 8. The Hall–Kier alpha value is -1.10. The molecule has 5 heteroatoms. The second-order valence-corrected chi connectivity index (χ2v) is 3.64. The van der Waals surface area contributed by atoms with Crippen LogP contribution in [-0.4, -0.2) is 37.6 Å². The summed E-state index contributed by atoms with van der Waals surface area (Å²) < 4.78 is 4.80. The quantitative estimate of drug-likeness (QED) is 0.594. The standard InChI is InChI=1S/C11H22N2O3/c1-4-6-12-10(14)8-13-9(3)7-11(15)16-5-2/h9,13H,4-8H2,1-3H3,(H,12,14). The molecule has 1 unspecified atom stereocenters. The van der Waals surface area contributed by atoms with E-state index in [4.69, 9.17) is 4.74 Å². The molecule has 0 rings (SSSR count). The van der Waals surface area contributed by atoms with Crippen LogP contribution in [0.3, 0.4) is 0 Å². The molecule has 5 nitrogen and oxygen atoms in total. The second kappa shape index (κ2) is 9.15. The minimum atomic E-state index is -0.239. The summed E-state index contributed by atoms with van der Waals surface area (Å²) in [5, 5.41) is 5.72. The number of hydrogen-bond acceptors (Lipinski definition) is 4. The highest BCUT2D eigenvalue weighted by atomic mass is 16.5. The van der Waals surface area contributed by atoms with E-state index < -0.39 is 0 Å². The van der Waals surface area contributed by atoms with Crippen LogP contribution in [0.1, 0.15) is 33.6 Å². The SMILES string of the molecule is CCCNC(=O)CNC(C)CC(=O)OCC. The van der Waals surface area contributed by atoms with Gasteiger partial charge < -0.3 is 15.4 Å². The first-order valence-electron chi connectivity index (χ1n) is 5.75. The van der Waals surface area contributed by atoms with Crippen molar-refractivity contribution in [1.82, 2.24) is 10.6 Å². The van der Waals surface area contributed by atoms with E-state index in [0.29, 0.717) is 13.2 Å². The molecule has 1 amide bonds. The van der Waals surface area contributed by atoms with Gasteiger partial charge in [-0.05, 0) is 20.3 Å². The fraction of sp³-hybridized carbons (Fsp3) is 0.818. The Kier molecular flexibility index (Phi) is 8.52. The normalized spacial score (nSPS) is 11.9. The minimum Gasteiger partial charge on any atom is -0.466 e. The van der Waals surface area contributed by atoms with Gasteiger partial charge in [0.25, 0.3) is 0 Å². The Balaban J connectivity index is 3.60. The van der Waals surface area contributed by atoms with E-state index in [2.05, 4.69) is 10.6 Å². The lowest BCUT2D eigenvalue weighted by atomic mass is 10.2. The van der Waals surface area contributed by atoms with Crippen molar-refractivity contribution in [2.75, 3.05) is 19.7 Å². The van der Waals surface area contributed by atoms with Crippen molar-refractivity contribution in [3.8, 4) is 0 Å². The molecule has 0 saturated carbocycles. The van der Waals surface area contributed by atoms with Crippen molar-refractivity contribution >= 4 is 11.9 Å². The van der Waals surface area contributed by atoms with E-state index in [9.17, 15) is 9.59 Å². The van der Waals surface area contributed by atoms with Gasteiger partial charge in [0.15, 0.2) is 0 Å². The number of hydrogen-bond donors (Lipinski definition) is 2. The molecule has 2 N–H and O–H groups in total. The van der Waals surface area contributed by atoms with Crippen LogP contribution in [0.4, 0.5) is 0 Å². The van der Waals surface area contributed by atoms with E-state index in [1.165, 1.54) is 0 Å². The Labute approximate surface area is 96.9 Å². The lowest BCUT2D eigenvalue weighted by molar-refractivity contribution is -0.143. The van der Waals surface area contributed by atoms with Gasteiger partial charge in [0, 0.05) is 12.6 Å². The van der Waals surface area contributed by atoms with Gasteiger partial charge >= 0.3 is 5.97 Å². The van der Waals surface area contributed by atoms with Crippen LogP contribution in [-0.2, 0) is 14.3 Å². The zero-order valence-corrected chi connectivity index (χ0v) is 10.3. The molecule has 0 saturated heterocycles. The third-order valence-electron chi connectivity index (χ3n) is 1.96. The number of carbonyl (C=O) groups excluding carboxylic acids is 2. The topological polar surface area (TPSA) is 67.4 Å². The summed E-state index contributed by atoms with van der Waals surface area (Å²) >= 11 is 0. The van der Waals surface area contributed by atoms with Crippen LogP contribution in [0.2, 0.25) is 0 Å². The van der Waals surface area contributed by atoms with Crippen molar-refractivity contribution in [2.45, 2.75) is 39.7 Å². The zero-order valence-electron chi connectivity index (χ0n) is 10.3. The van der Waals surface area contributed by atoms with Crippen molar-refractivity contribution in [2.24, 2.45) is 0 Å². The van der Waals surface area contributed by atoms with Crippen molar-refractivity contribution in [1.29, 1.82) is 0 Å². The third kappa shape index (κ3) is 8.23. The first kappa shape index (κ1) is 14.9. The lowest BCUT2D eigenvalue weighted by Crippen LogP contribution is -2.39. The highest BCUT2D eigenvalue weighted by molar-refractivity contribution is 5.78. The van der Waals surface area contributed by atoms with Crippen LogP contribution >= 0.6 is 0 Å². The second-order valence-electron chi connectivity index (χ2n) is 3.64. The van der Waals surface area contributed by atoms with Crippen molar-refractivity contribution < 1.29 is 14.3 Å². The smallest absolute Gasteiger partial charge is 0.307 e. The molecule has 0 heterocycles. The summed E-state index contributed by atoms with van der Waals surface area (Å²) in [5.74, 6) is -0.283. The van der Waals surface area contributed by atoms with Crippen LogP contribution in [0, 0.1) is 0 Å². The predicted molar refractivity (Wildman–Crippen MR) is 62.0 cm³/mol.